The van der Waals surface area contributed by atoms with E-state index in [0.717, 1.165) is 12.7 Å². The number of carbonyl (C=O) groups is 2. The summed E-state index contributed by atoms with van der Waals surface area (Å²) >= 11 is 0. The van der Waals surface area contributed by atoms with Gasteiger partial charge in [-0.1, -0.05) is 13.0 Å². The SMILES string of the molecule is CCCNC(=O)C(C)OC(=O)c1cccc(NS(C)(=O)=O)c1. The van der Waals surface area contributed by atoms with Crippen molar-refractivity contribution in [3.05, 3.63) is 29.8 Å². The van der Waals surface area contributed by atoms with Crippen LogP contribution in [-0.4, -0.2) is 39.2 Å². The van der Waals surface area contributed by atoms with Crippen molar-refractivity contribution >= 4 is 27.6 Å². The van der Waals surface area contributed by atoms with Gasteiger partial charge in [-0.25, -0.2) is 13.2 Å². The minimum atomic E-state index is -3.43. The summed E-state index contributed by atoms with van der Waals surface area (Å²) in [5.74, 6) is -1.07. The summed E-state index contributed by atoms with van der Waals surface area (Å²) in [6, 6.07) is 5.85. The minimum absolute atomic E-state index is 0.156. The molecule has 122 valence electrons. The average Bonchev–Trinajstić information content (AvgIpc) is 2.43. The van der Waals surface area contributed by atoms with E-state index in [2.05, 4.69) is 10.0 Å². The highest BCUT2D eigenvalue weighted by Crippen LogP contribution is 2.13. The Bertz CT molecular complexity index is 642. The van der Waals surface area contributed by atoms with Crippen LogP contribution in [0.25, 0.3) is 0 Å². The lowest BCUT2D eigenvalue weighted by molar-refractivity contribution is -0.129. The van der Waals surface area contributed by atoms with E-state index in [0.29, 0.717) is 6.54 Å². The van der Waals surface area contributed by atoms with Gasteiger partial charge >= 0.3 is 5.97 Å². The van der Waals surface area contributed by atoms with Crippen LogP contribution in [0.15, 0.2) is 24.3 Å². The van der Waals surface area contributed by atoms with Gasteiger partial charge in [-0.3, -0.25) is 9.52 Å². The predicted molar refractivity (Wildman–Crippen MR) is 83.1 cm³/mol. The van der Waals surface area contributed by atoms with Crippen molar-refractivity contribution in [3.63, 3.8) is 0 Å². The lowest BCUT2D eigenvalue weighted by Gasteiger charge is -2.13. The second-order valence-electron chi connectivity index (χ2n) is 4.79. The molecule has 8 heteroatoms. The van der Waals surface area contributed by atoms with Gasteiger partial charge in [-0.05, 0) is 31.5 Å². The maximum atomic E-state index is 12.0. The molecule has 0 bridgehead atoms. The zero-order valence-electron chi connectivity index (χ0n) is 12.8. The lowest BCUT2D eigenvalue weighted by atomic mass is 10.2. The molecule has 0 fully saturated rings. The molecule has 0 heterocycles. The van der Waals surface area contributed by atoms with Crippen LogP contribution >= 0.6 is 0 Å². The highest BCUT2D eigenvalue weighted by Gasteiger charge is 2.18. The zero-order valence-corrected chi connectivity index (χ0v) is 13.6. The Morgan fingerprint density at radius 3 is 2.59 bits per heavy atom. The fraction of sp³-hybridized carbons (Fsp3) is 0.429. The molecule has 1 aromatic carbocycles. The summed E-state index contributed by atoms with van der Waals surface area (Å²) < 4.78 is 29.7. The number of anilines is 1. The van der Waals surface area contributed by atoms with E-state index >= 15 is 0 Å². The molecule has 7 nitrogen and oxygen atoms in total. The topological polar surface area (TPSA) is 102 Å². The van der Waals surface area contributed by atoms with Crippen molar-refractivity contribution in [1.29, 1.82) is 0 Å². The van der Waals surface area contributed by atoms with Crippen LogP contribution in [0.2, 0.25) is 0 Å². The Morgan fingerprint density at radius 1 is 1.32 bits per heavy atom. The maximum Gasteiger partial charge on any atom is 0.338 e. The van der Waals surface area contributed by atoms with Gasteiger partial charge in [0.05, 0.1) is 11.8 Å². The van der Waals surface area contributed by atoms with Crippen LogP contribution in [0.3, 0.4) is 0 Å². The summed E-state index contributed by atoms with van der Waals surface area (Å²) in [5.41, 5.74) is 0.406. The first-order chi connectivity index (χ1) is 10.2. The van der Waals surface area contributed by atoms with Gasteiger partial charge in [0.25, 0.3) is 5.91 Å². The van der Waals surface area contributed by atoms with Gasteiger partial charge in [-0.15, -0.1) is 0 Å². The molecule has 1 atom stereocenters. The first-order valence-corrected chi connectivity index (χ1v) is 8.68. The molecule has 1 unspecified atom stereocenters. The number of rotatable bonds is 7. The Hall–Kier alpha value is -2.09. The van der Waals surface area contributed by atoms with Gasteiger partial charge in [0.15, 0.2) is 6.10 Å². The molecule has 0 aromatic heterocycles. The number of sulfonamides is 1. The summed E-state index contributed by atoms with van der Waals surface area (Å²) in [4.78, 5) is 23.6. The van der Waals surface area contributed by atoms with Crippen LogP contribution < -0.4 is 10.0 Å². The van der Waals surface area contributed by atoms with Crippen molar-refractivity contribution < 1.29 is 22.7 Å². The monoisotopic (exact) mass is 328 g/mol. The van der Waals surface area contributed by atoms with Crippen LogP contribution in [0, 0.1) is 0 Å². The molecule has 0 spiro atoms. The Balaban J connectivity index is 2.73. The second kappa shape index (κ2) is 7.79. The highest BCUT2D eigenvalue weighted by molar-refractivity contribution is 7.92. The number of esters is 1. The van der Waals surface area contributed by atoms with Crippen molar-refractivity contribution in [2.24, 2.45) is 0 Å². The lowest BCUT2D eigenvalue weighted by Crippen LogP contribution is -2.36. The zero-order chi connectivity index (χ0) is 16.8. The van der Waals surface area contributed by atoms with Gasteiger partial charge < -0.3 is 10.1 Å². The first-order valence-electron chi connectivity index (χ1n) is 6.79. The number of amides is 1. The maximum absolute atomic E-state index is 12.0. The van der Waals surface area contributed by atoms with Crippen LogP contribution in [0.1, 0.15) is 30.6 Å². The normalized spacial score (nSPS) is 12.3. The molecular weight excluding hydrogens is 308 g/mol. The van der Waals surface area contributed by atoms with Crippen molar-refractivity contribution in [1.82, 2.24) is 5.32 Å². The molecule has 0 saturated heterocycles. The smallest absolute Gasteiger partial charge is 0.338 e. The van der Waals surface area contributed by atoms with Crippen molar-refractivity contribution in [3.8, 4) is 0 Å². The molecule has 22 heavy (non-hydrogen) atoms. The van der Waals surface area contributed by atoms with Crippen LogP contribution in [0.5, 0.6) is 0 Å². The van der Waals surface area contributed by atoms with E-state index in [-0.39, 0.29) is 17.2 Å². The first kappa shape index (κ1) is 18.0. The molecule has 1 aromatic rings. The average molecular weight is 328 g/mol. The summed E-state index contributed by atoms with van der Waals surface area (Å²) in [6.07, 6.45) is 0.870. The van der Waals surface area contributed by atoms with E-state index in [9.17, 15) is 18.0 Å². The number of hydrogen-bond donors (Lipinski definition) is 2. The minimum Gasteiger partial charge on any atom is -0.449 e. The Morgan fingerprint density at radius 2 is 2.00 bits per heavy atom. The van der Waals surface area contributed by atoms with Gasteiger partial charge in [0.1, 0.15) is 0 Å². The largest absolute Gasteiger partial charge is 0.449 e. The molecule has 1 amide bonds. The van der Waals surface area contributed by atoms with E-state index < -0.39 is 22.1 Å². The van der Waals surface area contributed by atoms with Crippen molar-refractivity contribution in [2.75, 3.05) is 17.5 Å². The van der Waals surface area contributed by atoms with Gasteiger partial charge in [-0.2, -0.15) is 0 Å². The van der Waals surface area contributed by atoms with E-state index in [1.54, 1.807) is 0 Å². The number of benzene rings is 1. The third-order valence-electron chi connectivity index (χ3n) is 2.60. The molecule has 0 aliphatic rings. The third kappa shape index (κ3) is 6.13. The molecular formula is C14H20N2O5S. The number of carbonyl (C=O) groups excluding carboxylic acids is 2. The Labute approximate surface area is 130 Å². The van der Waals surface area contributed by atoms with Gasteiger partial charge in [0, 0.05) is 12.2 Å². The molecule has 1 rings (SSSR count). The van der Waals surface area contributed by atoms with Crippen molar-refractivity contribution in [2.45, 2.75) is 26.4 Å². The highest BCUT2D eigenvalue weighted by atomic mass is 32.2. The fourth-order valence-corrected chi connectivity index (χ4v) is 2.15. The molecule has 0 aliphatic carbocycles. The standard InChI is InChI=1S/C14H20N2O5S/c1-4-8-15-13(17)10(2)21-14(18)11-6-5-7-12(9-11)16-22(3,19)20/h5-7,9-10,16H,4,8H2,1-3H3,(H,15,17). The molecule has 0 aliphatic heterocycles. The van der Waals surface area contributed by atoms with E-state index in [4.69, 9.17) is 4.74 Å². The summed E-state index contributed by atoms with van der Waals surface area (Å²) in [5, 5.41) is 2.62. The molecule has 2 N–H and O–H groups in total. The number of nitrogens with one attached hydrogen (secondary N) is 2. The number of hydrogen-bond acceptors (Lipinski definition) is 5. The van der Waals surface area contributed by atoms with Crippen LogP contribution in [-0.2, 0) is 19.6 Å². The predicted octanol–water partition coefficient (Wildman–Crippen LogP) is 1.13. The summed E-state index contributed by atoms with van der Waals surface area (Å²) in [6.45, 7) is 3.90. The molecule has 0 saturated carbocycles. The van der Waals surface area contributed by atoms with E-state index in [1.165, 1.54) is 31.2 Å². The third-order valence-corrected chi connectivity index (χ3v) is 3.21. The second-order valence-corrected chi connectivity index (χ2v) is 6.54. The Kier molecular flexibility index (Phi) is 6.36. The number of ether oxygens (including phenoxy) is 1. The molecule has 0 radical (unpaired) electrons. The quantitative estimate of drug-likeness (QED) is 0.731. The van der Waals surface area contributed by atoms with Gasteiger partial charge in [0.2, 0.25) is 10.0 Å². The fourth-order valence-electron chi connectivity index (χ4n) is 1.60. The van der Waals surface area contributed by atoms with E-state index in [1.807, 2.05) is 6.92 Å². The van der Waals surface area contributed by atoms with Crippen LogP contribution in [0.4, 0.5) is 5.69 Å². The summed E-state index contributed by atoms with van der Waals surface area (Å²) in [7, 11) is -3.43.